The number of carbonyl (C=O) groups is 2. The van der Waals surface area contributed by atoms with E-state index in [1.165, 1.54) is 25.3 Å². The summed E-state index contributed by atoms with van der Waals surface area (Å²) in [5, 5.41) is 2.62. The smallest absolute Gasteiger partial charge is 0.331 e. The van der Waals surface area contributed by atoms with Gasteiger partial charge in [0.2, 0.25) is 5.89 Å². The average Bonchev–Trinajstić information content (AvgIpc) is 3.26. The Balaban J connectivity index is 1.51. The van der Waals surface area contributed by atoms with Crippen molar-refractivity contribution < 1.29 is 23.2 Å². The number of para-hydroxylation sites is 2. The molecule has 3 aromatic rings. The standard InChI is InChI=1S/C18H16N2O5/c1-12(18(22)19-11-13-5-4-10-23-13)24-17(21)9-8-16-20-14-6-2-3-7-15(14)25-16/h2-10,12H,11H2,1H3,(H,19,22)/b9-8+. The molecule has 2 heterocycles. The van der Waals surface area contributed by atoms with Gasteiger partial charge in [0, 0.05) is 12.2 Å². The second-order valence-electron chi connectivity index (χ2n) is 5.23. The molecule has 0 aliphatic heterocycles. The molecule has 7 heteroatoms. The molecule has 1 amide bonds. The van der Waals surface area contributed by atoms with Gasteiger partial charge in [0.1, 0.15) is 11.3 Å². The Morgan fingerprint density at radius 1 is 1.28 bits per heavy atom. The van der Waals surface area contributed by atoms with Crippen LogP contribution in [0.15, 0.2) is 57.6 Å². The van der Waals surface area contributed by atoms with Crippen LogP contribution in [-0.4, -0.2) is 23.0 Å². The molecule has 0 aliphatic carbocycles. The predicted octanol–water partition coefficient (Wildman–Crippen LogP) is 2.68. The largest absolute Gasteiger partial charge is 0.467 e. The Morgan fingerprint density at radius 3 is 2.88 bits per heavy atom. The monoisotopic (exact) mass is 340 g/mol. The molecule has 128 valence electrons. The average molecular weight is 340 g/mol. The van der Waals surface area contributed by atoms with Crippen LogP contribution >= 0.6 is 0 Å². The summed E-state index contributed by atoms with van der Waals surface area (Å²) in [6.45, 7) is 1.72. The number of aromatic nitrogens is 1. The highest BCUT2D eigenvalue weighted by Crippen LogP contribution is 2.15. The van der Waals surface area contributed by atoms with Gasteiger partial charge in [-0.05, 0) is 31.2 Å². The molecule has 1 N–H and O–H groups in total. The molecule has 7 nitrogen and oxygen atoms in total. The summed E-state index contributed by atoms with van der Waals surface area (Å²) in [5.74, 6) is -0.182. The van der Waals surface area contributed by atoms with E-state index >= 15 is 0 Å². The van der Waals surface area contributed by atoms with Gasteiger partial charge in [-0.3, -0.25) is 4.79 Å². The van der Waals surface area contributed by atoms with E-state index in [1.807, 2.05) is 12.1 Å². The van der Waals surface area contributed by atoms with Gasteiger partial charge in [0.25, 0.3) is 5.91 Å². The Morgan fingerprint density at radius 2 is 2.12 bits per heavy atom. The van der Waals surface area contributed by atoms with Crippen molar-refractivity contribution in [1.29, 1.82) is 0 Å². The minimum absolute atomic E-state index is 0.229. The number of nitrogens with zero attached hydrogens (tertiary/aromatic N) is 1. The van der Waals surface area contributed by atoms with Crippen LogP contribution in [0, 0.1) is 0 Å². The second-order valence-corrected chi connectivity index (χ2v) is 5.23. The predicted molar refractivity (Wildman–Crippen MR) is 89.2 cm³/mol. The summed E-state index contributed by atoms with van der Waals surface area (Å²) in [7, 11) is 0. The molecule has 0 saturated carbocycles. The Kier molecular flexibility index (Phi) is 4.94. The summed E-state index contributed by atoms with van der Waals surface area (Å²) >= 11 is 0. The fraction of sp³-hybridized carbons (Fsp3) is 0.167. The summed E-state index contributed by atoms with van der Waals surface area (Å²) in [4.78, 5) is 27.9. The molecular weight excluding hydrogens is 324 g/mol. The maximum absolute atomic E-state index is 11.9. The number of hydrogen-bond acceptors (Lipinski definition) is 6. The van der Waals surface area contributed by atoms with Crippen molar-refractivity contribution in [2.75, 3.05) is 0 Å². The van der Waals surface area contributed by atoms with Gasteiger partial charge in [-0.1, -0.05) is 12.1 Å². The molecule has 0 bridgehead atoms. The third-order valence-corrected chi connectivity index (χ3v) is 3.35. The first-order chi connectivity index (χ1) is 12.1. The molecule has 0 saturated heterocycles. The van der Waals surface area contributed by atoms with Crippen molar-refractivity contribution in [1.82, 2.24) is 10.3 Å². The number of benzene rings is 1. The van der Waals surface area contributed by atoms with Crippen molar-refractivity contribution in [3.63, 3.8) is 0 Å². The quantitative estimate of drug-likeness (QED) is 0.547. The Hall–Kier alpha value is -3.35. The van der Waals surface area contributed by atoms with Crippen LogP contribution in [0.25, 0.3) is 17.2 Å². The Bertz CT molecular complexity index is 862. The molecular formula is C18H16N2O5. The van der Waals surface area contributed by atoms with E-state index in [0.717, 1.165) is 0 Å². The minimum Gasteiger partial charge on any atom is -0.467 e. The number of amides is 1. The number of carbonyl (C=O) groups excluding carboxylic acids is 2. The molecule has 25 heavy (non-hydrogen) atoms. The summed E-state index contributed by atoms with van der Waals surface area (Å²) < 4.78 is 15.6. The maximum atomic E-state index is 11.9. The van der Waals surface area contributed by atoms with Crippen LogP contribution in [-0.2, 0) is 20.9 Å². The van der Waals surface area contributed by atoms with Crippen molar-refractivity contribution in [2.45, 2.75) is 19.6 Å². The first-order valence-electron chi connectivity index (χ1n) is 7.66. The zero-order valence-corrected chi connectivity index (χ0v) is 13.5. The lowest BCUT2D eigenvalue weighted by Gasteiger charge is -2.11. The van der Waals surface area contributed by atoms with Crippen LogP contribution in [0.2, 0.25) is 0 Å². The molecule has 0 fully saturated rings. The Labute approximate surface area is 143 Å². The molecule has 0 radical (unpaired) electrons. The van der Waals surface area contributed by atoms with E-state index in [1.54, 1.807) is 24.3 Å². The number of furan rings is 1. The topological polar surface area (TPSA) is 94.6 Å². The number of esters is 1. The molecule has 3 rings (SSSR count). The van der Waals surface area contributed by atoms with Crippen molar-refractivity contribution >= 4 is 29.1 Å². The third-order valence-electron chi connectivity index (χ3n) is 3.35. The van der Waals surface area contributed by atoms with Gasteiger partial charge in [-0.25, -0.2) is 9.78 Å². The van der Waals surface area contributed by atoms with E-state index in [9.17, 15) is 9.59 Å². The lowest BCUT2D eigenvalue weighted by molar-refractivity contribution is -0.150. The number of oxazole rings is 1. The first-order valence-corrected chi connectivity index (χ1v) is 7.66. The van der Waals surface area contributed by atoms with E-state index < -0.39 is 18.0 Å². The highest BCUT2D eigenvalue weighted by atomic mass is 16.5. The SMILES string of the molecule is CC(OC(=O)/C=C/c1nc2ccccc2o1)C(=O)NCc1ccco1. The summed E-state index contributed by atoms with van der Waals surface area (Å²) in [6.07, 6.45) is 3.15. The lowest BCUT2D eigenvalue weighted by Crippen LogP contribution is -2.35. The van der Waals surface area contributed by atoms with Crippen molar-refractivity contribution in [2.24, 2.45) is 0 Å². The van der Waals surface area contributed by atoms with Crippen molar-refractivity contribution in [3.8, 4) is 0 Å². The lowest BCUT2D eigenvalue weighted by atomic mass is 10.3. The van der Waals surface area contributed by atoms with Gasteiger partial charge >= 0.3 is 5.97 Å². The second kappa shape index (κ2) is 7.48. The zero-order chi connectivity index (χ0) is 17.6. The van der Waals surface area contributed by atoms with Crippen LogP contribution in [0.4, 0.5) is 0 Å². The molecule has 1 unspecified atom stereocenters. The fourth-order valence-electron chi connectivity index (χ4n) is 2.10. The maximum Gasteiger partial charge on any atom is 0.331 e. The minimum atomic E-state index is -0.934. The summed E-state index contributed by atoms with van der Waals surface area (Å²) in [5.41, 5.74) is 1.32. The van der Waals surface area contributed by atoms with Crippen molar-refractivity contribution in [3.05, 3.63) is 60.4 Å². The zero-order valence-electron chi connectivity index (χ0n) is 13.5. The van der Waals surface area contributed by atoms with Gasteiger partial charge in [-0.2, -0.15) is 0 Å². The normalized spacial score (nSPS) is 12.4. The highest BCUT2D eigenvalue weighted by Gasteiger charge is 2.16. The van der Waals surface area contributed by atoms with E-state index in [4.69, 9.17) is 13.6 Å². The first kappa shape index (κ1) is 16.5. The number of ether oxygens (including phenoxy) is 1. The van der Waals surface area contributed by atoms with Crippen LogP contribution in [0.5, 0.6) is 0 Å². The number of rotatable bonds is 6. The number of nitrogens with one attached hydrogen (secondary N) is 1. The van der Waals surface area contributed by atoms with Gasteiger partial charge in [0.05, 0.1) is 12.8 Å². The van der Waals surface area contributed by atoms with Crippen LogP contribution in [0.3, 0.4) is 0 Å². The van der Waals surface area contributed by atoms with Gasteiger partial charge in [0.15, 0.2) is 11.7 Å². The summed E-state index contributed by atoms with van der Waals surface area (Å²) in [6, 6.07) is 10.7. The van der Waals surface area contributed by atoms with E-state index in [0.29, 0.717) is 16.9 Å². The molecule has 1 atom stereocenters. The number of hydrogen-bond donors (Lipinski definition) is 1. The van der Waals surface area contributed by atoms with Gasteiger partial charge in [-0.15, -0.1) is 0 Å². The highest BCUT2D eigenvalue weighted by molar-refractivity contribution is 5.90. The molecule has 0 spiro atoms. The third kappa shape index (κ3) is 4.35. The molecule has 1 aromatic carbocycles. The van der Waals surface area contributed by atoms with E-state index in [2.05, 4.69) is 10.3 Å². The van der Waals surface area contributed by atoms with Crippen LogP contribution in [0.1, 0.15) is 18.6 Å². The number of fused-ring (bicyclic) bond motifs is 1. The van der Waals surface area contributed by atoms with Crippen LogP contribution < -0.4 is 5.32 Å². The fourth-order valence-corrected chi connectivity index (χ4v) is 2.10. The molecule has 0 aliphatic rings. The van der Waals surface area contributed by atoms with Gasteiger partial charge < -0.3 is 18.9 Å². The van der Waals surface area contributed by atoms with E-state index in [-0.39, 0.29) is 12.4 Å². The molecule has 2 aromatic heterocycles.